The Hall–Kier alpha value is -4.58. The first-order chi connectivity index (χ1) is 19.4. The zero-order valence-corrected chi connectivity index (χ0v) is 23.5. The first-order valence-electron chi connectivity index (χ1n) is 13.4. The number of ether oxygens (including phenoxy) is 2. The summed E-state index contributed by atoms with van der Waals surface area (Å²) in [5, 5.41) is 0. The summed E-state index contributed by atoms with van der Waals surface area (Å²) >= 11 is 0. The van der Waals surface area contributed by atoms with E-state index in [1.807, 2.05) is 123 Å². The van der Waals surface area contributed by atoms with Gasteiger partial charge in [0.25, 0.3) is 0 Å². The first-order valence-corrected chi connectivity index (χ1v) is 13.4. The zero-order valence-electron chi connectivity index (χ0n) is 23.5. The summed E-state index contributed by atoms with van der Waals surface area (Å²) < 4.78 is 11.1. The third-order valence-electron chi connectivity index (χ3n) is 7.27. The minimum Gasteiger partial charge on any atom is -0.496 e. The van der Waals surface area contributed by atoms with E-state index in [2.05, 4.69) is 0 Å². The van der Waals surface area contributed by atoms with Gasteiger partial charge in [-0.3, -0.25) is 9.59 Å². The monoisotopic (exact) mass is 536 g/mol. The van der Waals surface area contributed by atoms with E-state index in [1.165, 1.54) is 0 Å². The van der Waals surface area contributed by atoms with Crippen LogP contribution in [0.5, 0.6) is 11.5 Å². The number of hydrogen-bond acceptors (Lipinski definition) is 4. The average molecular weight is 537 g/mol. The molecule has 0 N–H and O–H groups in total. The Balaban J connectivity index is 1.74. The van der Waals surface area contributed by atoms with Crippen LogP contribution in [0.25, 0.3) is 0 Å². The highest BCUT2D eigenvalue weighted by atomic mass is 16.5. The van der Waals surface area contributed by atoms with E-state index in [1.54, 1.807) is 24.0 Å². The summed E-state index contributed by atoms with van der Waals surface area (Å²) in [6.45, 7) is 4.32. The number of amides is 2. The normalized spacial score (nSPS) is 12.2. The van der Waals surface area contributed by atoms with Crippen molar-refractivity contribution in [2.45, 2.75) is 39.0 Å². The van der Waals surface area contributed by atoms with Gasteiger partial charge in [-0.15, -0.1) is 0 Å². The van der Waals surface area contributed by atoms with Crippen LogP contribution in [0.3, 0.4) is 0 Å². The number of methoxy groups -OCH3 is 2. The second-order valence-corrected chi connectivity index (χ2v) is 9.66. The van der Waals surface area contributed by atoms with E-state index in [4.69, 9.17) is 9.47 Å². The third-order valence-corrected chi connectivity index (χ3v) is 7.27. The van der Waals surface area contributed by atoms with Gasteiger partial charge < -0.3 is 19.3 Å². The fourth-order valence-electron chi connectivity index (χ4n) is 4.87. The van der Waals surface area contributed by atoms with Gasteiger partial charge in [0.15, 0.2) is 0 Å². The van der Waals surface area contributed by atoms with Crippen LogP contribution in [-0.2, 0) is 22.7 Å². The van der Waals surface area contributed by atoms with Crippen LogP contribution in [0.1, 0.15) is 48.2 Å². The summed E-state index contributed by atoms with van der Waals surface area (Å²) in [5.41, 5.74) is 3.51. The standard InChI is InChI=1S/C34H36N2O4/c1-25(27-15-7-5-8-16-27)35(23-29-19-11-13-21-31(29)39-3)33(37)34(38)36(26(2)28-17-9-6-10-18-28)24-30-20-12-14-22-32(30)40-4/h5-22,25-26H,23-24H2,1-4H3/t25-,26-/m0/s1. The average Bonchev–Trinajstić information content (AvgIpc) is 3.02. The number of benzene rings is 4. The van der Waals surface area contributed by atoms with Crippen LogP contribution in [0.15, 0.2) is 109 Å². The maximum atomic E-state index is 14.2. The van der Waals surface area contributed by atoms with Gasteiger partial charge >= 0.3 is 11.8 Å². The molecule has 6 nitrogen and oxygen atoms in total. The highest BCUT2D eigenvalue weighted by Crippen LogP contribution is 2.30. The molecule has 4 aromatic carbocycles. The van der Waals surface area contributed by atoms with E-state index < -0.39 is 11.8 Å². The van der Waals surface area contributed by atoms with Gasteiger partial charge in [0.1, 0.15) is 11.5 Å². The molecule has 40 heavy (non-hydrogen) atoms. The van der Waals surface area contributed by atoms with Crippen LogP contribution in [0.4, 0.5) is 0 Å². The first kappa shape index (κ1) is 28.4. The second-order valence-electron chi connectivity index (χ2n) is 9.66. The Morgan fingerprint density at radius 2 is 0.875 bits per heavy atom. The molecule has 0 bridgehead atoms. The maximum absolute atomic E-state index is 14.2. The topological polar surface area (TPSA) is 59.1 Å². The van der Waals surface area contributed by atoms with Crippen LogP contribution in [-0.4, -0.2) is 35.8 Å². The minimum atomic E-state index is -0.583. The molecule has 4 aromatic rings. The van der Waals surface area contributed by atoms with Crippen molar-refractivity contribution in [3.63, 3.8) is 0 Å². The van der Waals surface area contributed by atoms with Crippen LogP contribution < -0.4 is 9.47 Å². The van der Waals surface area contributed by atoms with Crippen molar-refractivity contribution < 1.29 is 19.1 Å². The molecule has 0 aromatic heterocycles. The Kier molecular flexibility index (Phi) is 9.57. The molecular weight excluding hydrogens is 500 g/mol. The predicted molar refractivity (Wildman–Crippen MR) is 157 cm³/mol. The quantitative estimate of drug-likeness (QED) is 0.215. The fourth-order valence-corrected chi connectivity index (χ4v) is 4.87. The third kappa shape index (κ3) is 6.52. The maximum Gasteiger partial charge on any atom is 0.312 e. The molecule has 0 saturated heterocycles. The molecule has 2 amide bonds. The largest absolute Gasteiger partial charge is 0.496 e. The molecule has 0 fully saturated rings. The molecule has 0 aliphatic heterocycles. The van der Waals surface area contributed by atoms with E-state index in [0.29, 0.717) is 11.5 Å². The van der Waals surface area contributed by atoms with Gasteiger partial charge in [-0.1, -0.05) is 97.1 Å². The number of carbonyl (C=O) groups is 2. The van der Waals surface area contributed by atoms with E-state index in [-0.39, 0.29) is 25.2 Å². The molecule has 0 spiro atoms. The zero-order chi connectivity index (χ0) is 28.5. The number of carbonyl (C=O) groups excluding carboxylic acids is 2. The van der Waals surface area contributed by atoms with E-state index >= 15 is 0 Å². The molecule has 0 aliphatic carbocycles. The summed E-state index contributed by atoms with van der Waals surface area (Å²) in [6.07, 6.45) is 0. The van der Waals surface area contributed by atoms with Crippen molar-refractivity contribution >= 4 is 11.8 Å². The summed E-state index contributed by atoms with van der Waals surface area (Å²) in [5.74, 6) is 0.160. The number of para-hydroxylation sites is 2. The van der Waals surface area contributed by atoms with Crippen LogP contribution >= 0.6 is 0 Å². The highest BCUT2D eigenvalue weighted by Gasteiger charge is 2.34. The number of hydrogen-bond donors (Lipinski definition) is 0. The summed E-state index contributed by atoms with van der Waals surface area (Å²) in [7, 11) is 3.21. The molecule has 0 saturated carbocycles. The SMILES string of the molecule is COc1ccccc1CN(C(=O)C(=O)N(Cc1ccccc1OC)[C@@H](C)c1ccccc1)[C@@H](C)c1ccccc1. The molecule has 6 heteroatoms. The van der Waals surface area contributed by atoms with Crippen molar-refractivity contribution in [1.82, 2.24) is 9.80 Å². The van der Waals surface area contributed by atoms with Crippen LogP contribution in [0, 0.1) is 0 Å². The van der Waals surface area contributed by atoms with Gasteiger partial charge in [-0.2, -0.15) is 0 Å². The van der Waals surface area contributed by atoms with E-state index in [9.17, 15) is 9.59 Å². The van der Waals surface area contributed by atoms with Gasteiger partial charge in [-0.05, 0) is 37.1 Å². The minimum absolute atomic E-state index is 0.215. The summed E-state index contributed by atoms with van der Waals surface area (Å²) in [6, 6.07) is 33.9. The molecule has 0 heterocycles. The summed E-state index contributed by atoms with van der Waals surface area (Å²) in [4.78, 5) is 31.7. The lowest BCUT2D eigenvalue weighted by molar-refractivity contribution is -0.155. The molecule has 4 rings (SSSR count). The smallest absolute Gasteiger partial charge is 0.312 e. The van der Waals surface area contributed by atoms with Gasteiger partial charge in [0, 0.05) is 11.1 Å². The van der Waals surface area contributed by atoms with Crippen molar-refractivity contribution in [1.29, 1.82) is 0 Å². The van der Waals surface area contributed by atoms with Crippen molar-refractivity contribution in [3.05, 3.63) is 131 Å². The van der Waals surface area contributed by atoms with Crippen LogP contribution in [0.2, 0.25) is 0 Å². The molecular formula is C34H36N2O4. The van der Waals surface area contributed by atoms with Gasteiger partial charge in [0.2, 0.25) is 0 Å². The Morgan fingerprint density at radius 1 is 0.550 bits per heavy atom. The molecule has 206 valence electrons. The second kappa shape index (κ2) is 13.5. The molecule has 0 radical (unpaired) electrons. The Bertz CT molecular complexity index is 1300. The van der Waals surface area contributed by atoms with Gasteiger partial charge in [-0.25, -0.2) is 0 Å². The molecule has 0 aliphatic rings. The lowest BCUT2D eigenvalue weighted by Crippen LogP contribution is -2.46. The number of nitrogens with zero attached hydrogens (tertiary/aromatic N) is 2. The predicted octanol–water partition coefficient (Wildman–Crippen LogP) is 6.58. The van der Waals surface area contributed by atoms with Gasteiger partial charge in [0.05, 0.1) is 39.4 Å². The number of rotatable bonds is 10. The molecule has 2 atom stereocenters. The Morgan fingerprint density at radius 3 is 1.23 bits per heavy atom. The Labute approximate surface area is 236 Å². The highest BCUT2D eigenvalue weighted by molar-refractivity contribution is 6.35. The van der Waals surface area contributed by atoms with E-state index in [0.717, 1.165) is 22.3 Å². The van der Waals surface area contributed by atoms with Crippen molar-refractivity contribution in [3.8, 4) is 11.5 Å². The fraction of sp³-hybridized carbons (Fsp3) is 0.235. The van der Waals surface area contributed by atoms with Crippen molar-refractivity contribution in [2.24, 2.45) is 0 Å². The molecule has 0 unspecified atom stereocenters. The van der Waals surface area contributed by atoms with Crippen molar-refractivity contribution in [2.75, 3.05) is 14.2 Å². The lowest BCUT2D eigenvalue weighted by atomic mass is 10.0. The lowest BCUT2D eigenvalue weighted by Gasteiger charge is -2.34.